The Morgan fingerprint density at radius 2 is 2.00 bits per heavy atom. The minimum absolute atomic E-state index is 0.159. The molecule has 2 amide bonds. The number of hydrogen-bond donors (Lipinski definition) is 2. The molecule has 0 bridgehead atoms. The summed E-state index contributed by atoms with van der Waals surface area (Å²) in [7, 11) is -4.04. The van der Waals surface area contributed by atoms with Crippen molar-refractivity contribution in [2.45, 2.75) is 56.2 Å². The summed E-state index contributed by atoms with van der Waals surface area (Å²) in [6.45, 7) is 2.28. The topological polar surface area (TPSA) is 118 Å². The summed E-state index contributed by atoms with van der Waals surface area (Å²) in [6, 6.07) is 6.94. The van der Waals surface area contributed by atoms with Crippen molar-refractivity contribution in [3.05, 3.63) is 54.2 Å². The van der Waals surface area contributed by atoms with Gasteiger partial charge in [0.1, 0.15) is 17.6 Å². The first-order valence-electron chi connectivity index (χ1n) is 11.3. The smallest absolute Gasteiger partial charge is 0.243 e. The van der Waals surface area contributed by atoms with E-state index in [4.69, 9.17) is 9.15 Å². The Kier molecular flexibility index (Phi) is 9.20. The molecule has 1 aliphatic heterocycles. The monoisotopic (exact) mass is 495 g/mol. The molecule has 1 aromatic carbocycles. The van der Waals surface area contributed by atoms with Crippen LogP contribution in [0.2, 0.25) is 0 Å². The van der Waals surface area contributed by atoms with E-state index in [-0.39, 0.29) is 30.0 Å². The maximum atomic E-state index is 13.2. The first-order valence-corrected chi connectivity index (χ1v) is 12.7. The van der Waals surface area contributed by atoms with E-state index in [2.05, 4.69) is 10.0 Å². The van der Waals surface area contributed by atoms with E-state index in [1.807, 2.05) is 6.92 Å². The van der Waals surface area contributed by atoms with Crippen LogP contribution in [-0.4, -0.2) is 57.0 Å². The van der Waals surface area contributed by atoms with Crippen molar-refractivity contribution < 1.29 is 31.6 Å². The lowest BCUT2D eigenvalue weighted by Gasteiger charge is -2.32. The number of nitrogens with zero attached hydrogens (tertiary/aromatic N) is 1. The highest BCUT2D eigenvalue weighted by Gasteiger charge is 2.33. The first kappa shape index (κ1) is 25.9. The number of hydrogen-bond acceptors (Lipinski definition) is 6. The Bertz CT molecular complexity index is 1040. The van der Waals surface area contributed by atoms with Crippen LogP contribution in [0.4, 0.5) is 4.39 Å². The van der Waals surface area contributed by atoms with Gasteiger partial charge in [-0.05, 0) is 55.7 Å². The summed E-state index contributed by atoms with van der Waals surface area (Å²) in [5.74, 6) is -0.896. The molecule has 1 aliphatic rings. The van der Waals surface area contributed by atoms with Crippen LogP contribution in [0.3, 0.4) is 0 Å². The Morgan fingerprint density at radius 1 is 1.24 bits per heavy atom. The van der Waals surface area contributed by atoms with Gasteiger partial charge in [0.15, 0.2) is 0 Å². The molecular formula is C23H30FN3O6S. The van der Waals surface area contributed by atoms with E-state index in [0.29, 0.717) is 25.2 Å². The Labute approximate surface area is 198 Å². The van der Waals surface area contributed by atoms with Crippen molar-refractivity contribution in [3.63, 3.8) is 0 Å². The summed E-state index contributed by atoms with van der Waals surface area (Å²) in [5.41, 5.74) is 0. The number of ether oxygens (including phenoxy) is 1. The molecule has 34 heavy (non-hydrogen) atoms. The zero-order chi connectivity index (χ0) is 24.6. The third kappa shape index (κ3) is 7.12. The number of amides is 2. The molecule has 11 heteroatoms. The third-order valence-corrected chi connectivity index (χ3v) is 6.96. The van der Waals surface area contributed by atoms with E-state index in [1.165, 1.54) is 11.2 Å². The number of halogens is 1. The Hall–Kier alpha value is -2.76. The van der Waals surface area contributed by atoms with Crippen molar-refractivity contribution in [2.24, 2.45) is 0 Å². The van der Waals surface area contributed by atoms with Gasteiger partial charge in [-0.2, -0.15) is 0 Å². The molecule has 2 aromatic rings. The zero-order valence-electron chi connectivity index (χ0n) is 19.0. The fraction of sp³-hybridized carbons (Fsp3) is 0.478. The molecule has 2 heterocycles. The zero-order valence-corrected chi connectivity index (χ0v) is 19.9. The third-order valence-electron chi connectivity index (χ3n) is 5.54. The van der Waals surface area contributed by atoms with Gasteiger partial charge in [-0.1, -0.05) is 13.3 Å². The number of carbonyl (C=O) groups is 2. The van der Waals surface area contributed by atoms with E-state index < -0.39 is 34.3 Å². The van der Waals surface area contributed by atoms with Crippen LogP contribution in [-0.2, 0) is 30.9 Å². The average Bonchev–Trinajstić information content (AvgIpc) is 3.53. The molecule has 1 saturated heterocycles. The van der Waals surface area contributed by atoms with Gasteiger partial charge in [-0.25, -0.2) is 17.5 Å². The largest absolute Gasteiger partial charge is 0.467 e. The Morgan fingerprint density at radius 3 is 2.62 bits per heavy atom. The van der Waals surface area contributed by atoms with Crippen molar-refractivity contribution in [2.75, 3.05) is 19.7 Å². The minimum atomic E-state index is -4.04. The number of nitrogens with one attached hydrogen (secondary N) is 2. The fourth-order valence-electron chi connectivity index (χ4n) is 3.77. The molecule has 0 unspecified atom stereocenters. The molecule has 0 saturated carbocycles. The van der Waals surface area contributed by atoms with Gasteiger partial charge in [0.25, 0.3) is 0 Å². The molecule has 2 atom stereocenters. The van der Waals surface area contributed by atoms with Gasteiger partial charge in [-0.3, -0.25) is 9.59 Å². The molecule has 1 fully saturated rings. The molecule has 0 spiro atoms. The number of carbonyl (C=O) groups excluding carboxylic acids is 2. The lowest BCUT2D eigenvalue weighted by atomic mass is 10.1. The van der Waals surface area contributed by atoms with Gasteiger partial charge in [0.05, 0.1) is 30.4 Å². The number of benzene rings is 1. The lowest BCUT2D eigenvalue weighted by Crippen LogP contribution is -2.54. The van der Waals surface area contributed by atoms with Crippen LogP contribution in [0.1, 0.15) is 38.4 Å². The predicted octanol–water partition coefficient (Wildman–Crippen LogP) is 2.19. The van der Waals surface area contributed by atoms with Crippen LogP contribution < -0.4 is 10.0 Å². The maximum absolute atomic E-state index is 13.2. The minimum Gasteiger partial charge on any atom is -0.467 e. The van der Waals surface area contributed by atoms with E-state index >= 15 is 0 Å². The summed E-state index contributed by atoms with van der Waals surface area (Å²) in [5, 5.41) is 2.79. The maximum Gasteiger partial charge on any atom is 0.243 e. The van der Waals surface area contributed by atoms with Crippen LogP contribution >= 0.6 is 0 Å². The van der Waals surface area contributed by atoms with Crippen molar-refractivity contribution in [1.82, 2.24) is 14.9 Å². The highest BCUT2D eigenvalue weighted by molar-refractivity contribution is 7.89. The van der Waals surface area contributed by atoms with Gasteiger partial charge in [-0.15, -0.1) is 0 Å². The second-order valence-electron chi connectivity index (χ2n) is 8.06. The summed E-state index contributed by atoms with van der Waals surface area (Å²) < 4.78 is 51.4. The number of furan rings is 1. The molecular weight excluding hydrogens is 465 g/mol. The molecule has 186 valence electrons. The Balaban J connectivity index is 1.73. The van der Waals surface area contributed by atoms with E-state index in [9.17, 15) is 22.4 Å². The van der Waals surface area contributed by atoms with Crippen LogP contribution in [0.15, 0.2) is 52.0 Å². The quantitative estimate of drug-likeness (QED) is 0.466. The SMILES string of the molecule is CCC[C@H](C(=O)NCc1ccco1)N(C[C@H]1CCCO1)C(=O)CNS(=O)(=O)c1ccc(F)cc1. The summed E-state index contributed by atoms with van der Waals surface area (Å²) >= 11 is 0. The van der Waals surface area contributed by atoms with E-state index in [0.717, 1.165) is 37.1 Å². The van der Waals surface area contributed by atoms with Crippen molar-refractivity contribution >= 4 is 21.8 Å². The fourth-order valence-corrected chi connectivity index (χ4v) is 4.75. The van der Waals surface area contributed by atoms with E-state index in [1.54, 1.807) is 12.1 Å². The standard InChI is InChI=1S/C23H30FN3O6S/c1-2-5-21(23(29)25-14-18-6-3-12-32-18)27(16-19-7-4-13-33-19)22(28)15-26-34(30,31)20-10-8-17(24)9-11-20/h3,6,8-12,19,21,26H,2,4-5,7,13-16H2,1H3,(H,25,29)/t19-,21-/m1/s1. The van der Waals surface area contributed by atoms with Crippen LogP contribution in [0.5, 0.6) is 0 Å². The van der Waals surface area contributed by atoms with Gasteiger partial charge < -0.3 is 19.4 Å². The molecule has 0 radical (unpaired) electrons. The van der Waals surface area contributed by atoms with Crippen molar-refractivity contribution in [3.8, 4) is 0 Å². The van der Waals surface area contributed by atoms with Gasteiger partial charge in [0, 0.05) is 13.2 Å². The normalized spacial score (nSPS) is 16.8. The lowest BCUT2D eigenvalue weighted by molar-refractivity contribution is -0.141. The molecule has 3 rings (SSSR count). The summed E-state index contributed by atoms with van der Waals surface area (Å²) in [6.07, 6.45) is 3.91. The first-order chi connectivity index (χ1) is 16.3. The van der Waals surface area contributed by atoms with Crippen LogP contribution in [0, 0.1) is 5.82 Å². The van der Waals surface area contributed by atoms with Crippen molar-refractivity contribution in [1.29, 1.82) is 0 Å². The van der Waals surface area contributed by atoms with Gasteiger partial charge in [0.2, 0.25) is 21.8 Å². The molecule has 2 N–H and O–H groups in total. The second-order valence-corrected chi connectivity index (χ2v) is 9.83. The second kappa shape index (κ2) is 12.1. The number of rotatable bonds is 12. The highest BCUT2D eigenvalue weighted by atomic mass is 32.2. The highest BCUT2D eigenvalue weighted by Crippen LogP contribution is 2.18. The predicted molar refractivity (Wildman–Crippen MR) is 122 cm³/mol. The molecule has 0 aliphatic carbocycles. The number of sulfonamides is 1. The average molecular weight is 496 g/mol. The van der Waals surface area contributed by atoms with Gasteiger partial charge >= 0.3 is 0 Å². The van der Waals surface area contributed by atoms with Crippen LogP contribution in [0.25, 0.3) is 0 Å². The molecule has 9 nitrogen and oxygen atoms in total. The summed E-state index contributed by atoms with van der Waals surface area (Å²) in [4.78, 5) is 27.5. The molecule has 1 aromatic heterocycles.